The van der Waals surface area contributed by atoms with Crippen LogP contribution in [-0.4, -0.2) is 47.0 Å². The first-order valence-corrected chi connectivity index (χ1v) is 10.9. The number of phenolic OH excluding ortho intramolecular Hbond substituents is 1. The van der Waals surface area contributed by atoms with Gasteiger partial charge in [0.1, 0.15) is 11.5 Å². The summed E-state index contributed by atoms with van der Waals surface area (Å²) in [6.07, 6.45) is 3.30. The van der Waals surface area contributed by atoms with Crippen LogP contribution in [0.1, 0.15) is 21.6 Å². The maximum atomic E-state index is 12.9. The van der Waals surface area contributed by atoms with Crippen molar-refractivity contribution in [3.63, 3.8) is 0 Å². The minimum atomic E-state index is -0.197. The molecule has 0 spiro atoms. The van der Waals surface area contributed by atoms with Crippen molar-refractivity contribution < 1.29 is 14.6 Å². The molecular formula is C25H22ClN3O3. The molecule has 1 saturated heterocycles. The summed E-state index contributed by atoms with van der Waals surface area (Å²) >= 11 is 6.13. The molecule has 0 aliphatic carbocycles. The van der Waals surface area contributed by atoms with Crippen molar-refractivity contribution in [1.29, 1.82) is 0 Å². The quantitative estimate of drug-likeness (QED) is 0.599. The number of hydrogen-bond donors (Lipinski definition) is 1. The maximum Gasteiger partial charge on any atom is 0.232 e. The van der Waals surface area contributed by atoms with Gasteiger partial charge in [-0.25, -0.2) is 0 Å². The molecule has 0 atom stereocenters. The van der Waals surface area contributed by atoms with Crippen molar-refractivity contribution in [2.45, 2.75) is 6.54 Å². The van der Waals surface area contributed by atoms with Gasteiger partial charge in [-0.15, -0.1) is 0 Å². The van der Waals surface area contributed by atoms with Crippen molar-refractivity contribution in [3.8, 4) is 11.5 Å². The third-order valence-corrected chi connectivity index (χ3v) is 6.05. The fourth-order valence-corrected chi connectivity index (χ4v) is 4.29. The van der Waals surface area contributed by atoms with Crippen LogP contribution in [0, 0.1) is 0 Å². The first-order valence-electron chi connectivity index (χ1n) is 10.5. The van der Waals surface area contributed by atoms with E-state index in [0.717, 1.165) is 36.9 Å². The van der Waals surface area contributed by atoms with Crippen LogP contribution in [0.5, 0.6) is 11.5 Å². The van der Waals surface area contributed by atoms with Crippen LogP contribution in [0.2, 0.25) is 5.02 Å². The maximum absolute atomic E-state index is 12.9. The molecule has 3 heterocycles. The minimum Gasteiger partial charge on any atom is -0.507 e. The van der Waals surface area contributed by atoms with Crippen molar-refractivity contribution in [2.75, 3.05) is 31.1 Å². The summed E-state index contributed by atoms with van der Waals surface area (Å²) < 4.78 is 5.94. The second kappa shape index (κ2) is 8.65. The smallest absolute Gasteiger partial charge is 0.232 e. The highest BCUT2D eigenvalue weighted by molar-refractivity contribution is 6.30. The Morgan fingerprint density at radius 2 is 1.91 bits per heavy atom. The van der Waals surface area contributed by atoms with Crippen LogP contribution in [-0.2, 0) is 6.54 Å². The number of carbonyl (C=O) groups is 1. The number of Topliss-reactive ketones (excluding diaryl/α,β-unsaturated/α-hetero) is 1. The lowest BCUT2D eigenvalue weighted by molar-refractivity contribution is 0.101. The van der Waals surface area contributed by atoms with Crippen molar-refractivity contribution in [3.05, 3.63) is 88.4 Å². The molecule has 6 nitrogen and oxygen atoms in total. The predicted octanol–water partition coefficient (Wildman–Crippen LogP) is 4.38. The zero-order valence-corrected chi connectivity index (χ0v) is 18.1. The Labute approximate surface area is 191 Å². The predicted molar refractivity (Wildman–Crippen MR) is 124 cm³/mol. The molecule has 0 saturated carbocycles. The van der Waals surface area contributed by atoms with Gasteiger partial charge in [-0.3, -0.25) is 14.7 Å². The van der Waals surface area contributed by atoms with Gasteiger partial charge in [-0.05, 0) is 42.5 Å². The number of benzene rings is 2. The van der Waals surface area contributed by atoms with Crippen molar-refractivity contribution in [1.82, 2.24) is 9.88 Å². The van der Waals surface area contributed by atoms with E-state index in [9.17, 15) is 9.90 Å². The number of ketones is 1. The number of fused-ring (bicyclic) bond motifs is 1. The molecule has 0 bridgehead atoms. The summed E-state index contributed by atoms with van der Waals surface area (Å²) in [5.41, 5.74) is 2.86. The number of halogens is 1. The van der Waals surface area contributed by atoms with Crippen LogP contribution in [0.4, 0.5) is 5.69 Å². The highest BCUT2D eigenvalue weighted by Crippen LogP contribution is 2.40. The number of carbonyl (C=O) groups excluding carboxylic acids is 1. The molecule has 2 aromatic carbocycles. The lowest BCUT2D eigenvalue weighted by atomic mass is 10.0. The fourth-order valence-electron chi connectivity index (χ4n) is 4.11. The Kier molecular flexibility index (Phi) is 5.55. The highest BCUT2D eigenvalue weighted by Gasteiger charge is 2.32. The van der Waals surface area contributed by atoms with Gasteiger partial charge in [0.25, 0.3) is 0 Å². The molecule has 1 aromatic heterocycles. The number of anilines is 1. The first-order chi connectivity index (χ1) is 15.6. The third kappa shape index (κ3) is 4.07. The van der Waals surface area contributed by atoms with Crippen LogP contribution in [0.25, 0.3) is 6.08 Å². The Morgan fingerprint density at radius 1 is 1.06 bits per heavy atom. The van der Waals surface area contributed by atoms with Gasteiger partial charge in [0, 0.05) is 55.7 Å². The van der Waals surface area contributed by atoms with Gasteiger partial charge in [-0.2, -0.15) is 0 Å². The number of ether oxygens (including phenoxy) is 1. The van der Waals surface area contributed by atoms with Crippen LogP contribution >= 0.6 is 11.6 Å². The average Bonchev–Trinajstić information content (AvgIpc) is 3.12. The summed E-state index contributed by atoms with van der Waals surface area (Å²) in [6.45, 7) is 3.84. The van der Waals surface area contributed by atoms with E-state index in [1.54, 1.807) is 24.4 Å². The molecule has 2 aliphatic heterocycles. The van der Waals surface area contributed by atoms with Gasteiger partial charge >= 0.3 is 0 Å². The number of pyridine rings is 1. The normalized spacial score (nSPS) is 17.5. The molecule has 0 radical (unpaired) electrons. The molecule has 1 N–H and O–H groups in total. The van der Waals surface area contributed by atoms with Crippen molar-refractivity contribution >= 4 is 29.1 Å². The molecule has 0 amide bonds. The SMILES string of the molecule is O=C1/C(=C/c2ccccn2)Oc2c1ccc(O)c2CN1CCN(c2cccc(Cl)c2)CC1. The van der Waals surface area contributed by atoms with Gasteiger partial charge in [0.2, 0.25) is 5.78 Å². The van der Waals surface area contributed by atoms with E-state index in [-0.39, 0.29) is 17.3 Å². The Bertz CT molecular complexity index is 1190. The Balaban J connectivity index is 1.32. The zero-order valence-electron chi connectivity index (χ0n) is 17.4. The lowest BCUT2D eigenvalue weighted by Gasteiger charge is -2.36. The first kappa shape index (κ1) is 20.5. The van der Waals surface area contributed by atoms with Gasteiger partial charge < -0.3 is 14.7 Å². The molecule has 3 aromatic rings. The zero-order chi connectivity index (χ0) is 22.1. The number of piperazine rings is 1. The summed E-state index contributed by atoms with van der Waals surface area (Å²) in [6, 6.07) is 16.5. The second-order valence-electron chi connectivity index (χ2n) is 7.88. The second-order valence-corrected chi connectivity index (χ2v) is 8.31. The Morgan fingerprint density at radius 3 is 2.66 bits per heavy atom. The van der Waals surface area contributed by atoms with Crippen LogP contribution in [0.15, 0.2) is 66.6 Å². The minimum absolute atomic E-state index is 0.132. The number of nitrogens with zero attached hydrogens (tertiary/aromatic N) is 3. The van der Waals surface area contributed by atoms with E-state index in [4.69, 9.17) is 16.3 Å². The largest absolute Gasteiger partial charge is 0.507 e. The Hall–Kier alpha value is -3.35. The number of allylic oxidation sites excluding steroid dienone is 1. The van der Waals surface area contributed by atoms with E-state index in [1.807, 2.05) is 36.4 Å². The number of hydrogen-bond acceptors (Lipinski definition) is 6. The summed E-state index contributed by atoms with van der Waals surface area (Å²) in [5.74, 6) is 0.594. The molecule has 5 rings (SSSR count). The van der Waals surface area contributed by atoms with E-state index in [0.29, 0.717) is 29.1 Å². The van der Waals surface area contributed by atoms with E-state index in [2.05, 4.69) is 20.9 Å². The third-order valence-electron chi connectivity index (χ3n) is 5.81. The lowest BCUT2D eigenvalue weighted by Crippen LogP contribution is -2.46. The molecule has 1 fully saturated rings. The van der Waals surface area contributed by atoms with Gasteiger partial charge in [-0.1, -0.05) is 23.7 Å². The van der Waals surface area contributed by atoms with E-state index >= 15 is 0 Å². The topological polar surface area (TPSA) is 65.9 Å². The molecular weight excluding hydrogens is 426 g/mol. The average molecular weight is 448 g/mol. The van der Waals surface area contributed by atoms with Crippen molar-refractivity contribution in [2.24, 2.45) is 0 Å². The fraction of sp³-hybridized carbons (Fsp3) is 0.200. The number of phenols is 1. The standard InChI is InChI=1S/C25H22ClN3O3/c26-17-4-3-6-19(14-17)29-12-10-28(11-13-29)16-21-22(30)8-7-20-24(31)23(32-25(20)21)15-18-5-1-2-9-27-18/h1-9,14-15,30H,10-13,16H2/b23-15-. The van der Waals surface area contributed by atoms with Gasteiger partial charge in [0.15, 0.2) is 5.76 Å². The van der Waals surface area contributed by atoms with E-state index in [1.165, 1.54) is 0 Å². The van der Waals surface area contributed by atoms with Crippen LogP contribution < -0.4 is 9.64 Å². The summed E-state index contributed by atoms with van der Waals surface area (Å²) in [7, 11) is 0. The molecule has 32 heavy (non-hydrogen) atoms. The summed E-state index contributed by atoms with van der Waals surface area (Å²) in [4.78, 5) is 21.6. The molecule has 162 valence electrons. The molecule has 2 aliphatic rings. The van der Waals surface area contributed by atoms with Crippen LogP contribution in [0.3, 0.4) is 0 Å². The number of aromatic nitrogens is 1. The van der Waals surface area contributed by atoms with E-state index < -0.39 is 0 Å². The molecule has 0 unspecified atom stereocenters. The number of rotatable bonds is 4. The molecule has 7 heteroatoms. The summed E-state index contributed by atoms with van der Waals surface area (Å²) in [5, 5.41) is 11.3. The van der Waals surface area contributed by atoms with Gasteiger partial charge in [0.05, 0.1) is 16.8 Å². The number of aromatic hydroxyl groups is 1. The monoisotopic (exact) mass is 447 g/mol. The highest BCUT2D eigenvalue weighted by atomic mass is 35.5.